The van der Waals surface area contributed by atoms with Gasteiger partial charge in [0, 0.05) is 16.7 Å². The Hall–Kier alpha value is -1.36. The summed E-state index contributed by atoms with van der Waals surface area (Å²) in [6, 6.07) is 1.72. The van der Waals surface area contributed by atoms with Gasteiger partial charge in [-0.2, -0.15) is 0 Å². The molecule has 0 unspecified atom stereocenters. The van der Waals surface area contributed by atoms with Gasteiger partial charge in [-0.1, -0.05) is 0 Å². The van der Waals surface area contributed by atoms with E-state index in [2.05, 4.69) is 20.9 Å². The summed E-state index contributed by atoms with van der Waals surface area (Å²) in [6.45, 7) is 0. The van der Waals surface area contributed by atoms with Crippen LogP contribution in [0.25, 0.3) is 6.08 Å². The highest BCUT2D eigenvalue weighted by Crippen LogP contribution is 2.21. The average Bonchev–Trinajstić information content (AvgIpc) is 2.15. The zero-order valence-electron chi connectivity index (χ0n) is 7.40. The predicted octanol–water partition coefficient (Wildman–Crippen LogP) is 1.95. The lowest BCUT2D eigenvalue weighted by Crippen LogP contribution is -1.92. The number of pyridine rings is 1. The third-order valence-electron chi connectivity index (χ3n) is 1.45. The van der Waals surface area contributed by atoms with Gasteiger partial charge in [-0.05, 0) is 28.1 Å². The summed E-state index contributed by atoms with van der Waals surface area (Å²) in [4.78, 5) is 14.3. The number of aliphatic carboxylic acids is 1. The molecular weight excluding hydrogens is 250 g/mol. The van der Waals surface area contributed by atoms with E-state index in [1.165, 1.54) is 13.2 Å². The second-order valence-electron chi connectivity index (χ2n) is 2.41. The van der Waals surface area contributed by atoms with Crippen molar-refractivity contribution in [1.82, 2.24) is 4.98 Å². The minimum absolute atomic E-state index is 0.484. The predicted molar refractivity (Wildman–Crippen MR) is 55.2 cm³/mol. The highest BCUT2D eigenvalue weighted by Gasteiger charge is 2.02. The number of halogens is 1. The Kier molecular flexibility index (Phi) is 3.64. The van der Waals surface area contributed by atoms with Gasteiger partial charge in [0.05, 0.1) is 7.11 Å². The normalized spacial score (nSPS) is 10.4. The van der Waals surface area contributed by atoms with E-state index in [1.54, 1.807) is 12.3 Å². The fraction of sp³-hybridized carbons (Fsp3) is 0.111. The molecule has 0 spiro atoms. The lowest BCUT2D eigenvalue weighted by molar-refractivity contribution is -0.131. The first-order chi connectivity index (χ1) is 6.63. The Morgan fingerprint density at radius 3 is 3.00 bits per heavy atom. The molecule has 1 aromatic heterocycles. The third-order valence-corrected chi connectivity index (χ3v) is 1.89. The maximum Gasteiger partial charge on any atom is 0.328 e. The van der Waals surface area contributed by atoms with E-state index in [1.807, 2.05) is 0 Å². The number of carboxylic acid groups (broad SMARTS) is 1. The Balaban J connectivity index is 3.02. The largest absolute Gasteiger partial charge is 0.494 e. The maximum atomic E-state index is 10.3. The second-order valence-corrected chi connectivity index (χ2v) is 3.33. The number of rotatable bonds is 3. The molecule has 0 aromatic carbocycles. The van der Waals surface area contributed by atoms with E-state index in [-0.39, 0.29) is 0 Å². The van der Waals surface area contributed by atoms with Crippen molar-refractivity contribution >= 4 is 28.0 Å². The number of hydrogen-bond donors (Lipinski definition) is 1. The van der Waals surface area contributed by atoms with Crippen LogP contribution in [0.5, 0.6) is 5.75 Å². The van der Waals surface area contributed by atoms with Gasteiger partial charge in [0.2, 0.25) is 0 Å². The first kappa shape index (κ1) is 10.7. The molecule has 0 saturated carbocycles. The van der Waals surface area contributed by atoms with Crippen LogP contribution in [-0.2, 0) is 4.79 Å². The van der Waals surface area contributed by atoms with Crippen LogP contribution < -0.4 is 4.74 Å². The molecular formula is C9H8BrNO3. The van der Waals surface area contributed by atoms with E-state index in [4.69, 9.17) is 9.84 Å². The molecule has 0 amide bonds. The average molecular weight is 258 g/mol. The van der Waals surface area contributed by atoms with Crippen molar-refractivity contribution in [1.29, 1.82) is 0 Å². The van der Waals surface area contributed by atoms with E-state index in [0.717, 1.165) is 10.5 Å². The standard InChI is InChI=1S/C9H8BrNO3/c1-14-8-4-6(10)5-11-7(8)2-3-9(12)13/h2-5H,1H3,(H,12,13). The minimum Gasteiger partial charge on any atom is -0.494 e. The Morgan fingerprint density at radius 2 is 2.43 bits per heavy atom. The molecule has 4 nitrogen and oxygen atoms in total. The highest BCUT2D eigenvalue weighted by molar-refractivity contribution is 9.10. The van der Waals surface area contributed by atoms with E-state index in [0.29, 0.717) is 11.4 Å². The molecule has 0 saturated heterocycles. The van der Waals surface area contributed by atoms with Crippen LogP contribution in [0.3, 0.4) is 0 Å². The van der Waals surface area contributed by atoms with Crippen LogP contribution in [-0.4, -0.2) is 23.2 Å². The molecule has 0 bridgehead atoms. The summed E-state index contributed by atoms with van der Waals surface area (Å²) in [5, 5.41) is 8.43. The third kappa shape index (κ3) is 2.85. The summed E-state index contributed by atoms with van der Waals surface area (Å²) < 4.78 is 5.80. The fourth-order valence-electron chi connectivity index (χ4n) is 0.870. The van der Waals surface area contributed by atoms with Gasteiger partial charge >= 0.3 is 5.97 Å². The van der Waals surface area contributed by atoms with Gasteiger partial charge in [0.25, 0.3) is 0 Å². The number of carbonyl (C=O) groups is 1. The van der Waals surface area contributed by atoms with E-state index >= 15 is 0 Å². The SMILES string of the molecule is COc1cc(Br)cnc1C=CC(=O)O. The molecule has 0 radical (unpaired) electrons. The number of carboxylic acids is 1. The number of hydrogen-bond acceptors (Lipinski definition) is 3. The summed E-state index contributed by atoms with van der Waals surface area (Å²) in [7, 11) is 1.50. The van der Waals surface area contributed by atoms with Crippen molar-refractivity contribution in [3.05, 3.63) is 28.5 Å². The van der Waals surface area contributed by atoms with Crippen molar-refractivity contribution in [3.8, 4) is 5.75 Å². The summed E-state index contributed by atoms with van der Waals surface area (Å²) in [6.07, 6.45) is 3.97. The molecule has 5 heteroatoms. The van der Waals surface area contributed by atoms with Crippen LogP contribution in [0.2, 0.25) is 0 Å². The van der Waals surface area contributed by atoms with E-state index < -0.39 is 5.97 Å². The first-order valence-electron chi connectivity index (χ1n) is 3.74. The molecule has 1 heterocycles. The molecule has 1 aromatic rings. The van der Waals surface area contributed by atoms with Crippen LogP contribution in [0, 0.1) is 0 Å². The Bertz CT molecular complexity index is 376. The Labute approximate surface area is 89.4 Å². The van der Waals surface area contributed by atoms with Crippen molar-refractivity contribution in [2.75, 3.05) is 7.11 Å². The fourth-order valence-corrected chi connectivity index (χ4v) is 1.18. The second kappa shape index (κ2) is 4.76. The van der Waals surface area contributed by atoms with Gasteiger partial charge in [0.1, 0.15) is 11.4 Å². The molecule has 0 aliphatic carbocycles. The first-order valence-corrected chi connectivity index (χ1v) is 4.53. The number of aromatic nitrogens is 1. The maximum absolute atomic E-state index is 10.3. The number of nitrogens with zero attached hydrogens (tertiary/aromatic N) is 1. The van der Waals surface area contributed by atoms with Crippen LogP contribution in [0.1, 0.15) is 5.69 Å². The molecule has 0 aliphatic rings. The highest BCUT2D eigenvalue weighted by atomic mass is 79.9. The van der Waals surface area contributed by atoms with Crippen molar-refractivity contribution in [3.63, 3.8) is 0 Å². The molecule has 0 fully saturated rings. The number of methoxy groups -OCH3 is 1. The molecule has 74 valence electrons. The molecule has 1 N–H and O–H groups in total. The van der Waals surface area contributed by atoms with Gasteiger partial charge in [-0.3, -0.25) is 4.98 Å². The smallest absolute Gasteiger partial charge is 0.328 e. The van der Waals surface area contributed by atoms with Crippen molar-refractivity contribution < 1.29 is 14.6 Å². The summed E-state index contributed by atoms with van der Waals surface area (Å²) >= 11 is 3.23. The topological polar surface area (TPSA) is 59.4 Å². The summed E-state index contributed by atoms with van der Waals surface area (Å²) in [5.41, 5.74) is 0.484. The zero-order valence-corrected chi connectivity index (χ0v) is 8.98. The van der Waals surface area contributed by atoms with E-state index in [9.17, 15) is 4.79 Å². The molecule has 14 heavy (non-hydrogen) atoms. The van der Waals surface area contributed by atoms with Crippen LogP contribution in [0.4, 0.5) is 0 Å². The van der Waals surface area contributed by atoms with Gasteiger partial charge < -0.3 is 9.84 Å². The van der Waals surface area contributed by atoms with Gasteiger partial charge in [-0.15, -0.1) is 0 Å². The van der Waals surface area contributed by atoms with Crippen LogP contribution in [0.15, 0.2) is 22.8 Å². The minimum atomic E-state index is -1.02. The Morgan fingerprint density at radius 1 is 1.71 bits per heavy atom. The lowest BCUT2D eigenvalue weighted by atomic mass is 10.3. The molecule has 0 atom stereocenters. The quantitative estimate of drug-likeness (QED) is 0.842. The lowest BCUT2D eigenvalue weighted by Gasteiger charge is -2.03. The zero-order chi connectivity index (χ0) is 10.6. The summed E-state index contributed by atoms with van der Waals surface area (Å²) in [5.74, 6) is -0.492. The van der Waals surface area contributed by atoms with Gasteiger partial charge in [0.15, 0.2) is 0 Å². The monoisotopic (exact) mass is 257 g/mol. The molecule has 0 aliphatic heterocycles. The molecule has 1 rings (SSSR count). The van der Waals surface area contributed by atoms with Gasteiger partial charge in [-0.25, -0.2) is 4.79 Å². The van der Waals surface area contributed by atoms with Crippen molar-refractivity contribution in [2.24, 2.45) is 0 Å². The number of ether oxygens (including phenoxy) is 1. The van der Waals surface area contributed by atoms with Crippen molar-refractivity contribution in [2.45, 2.75) is 0 Å². The van der Waals surface area contributed by atoms with Crippen LogP contribution >= 0.6 is 15.9 Å².